The molecule has 0 saturated carbocycles. The summed E-state index contributed by atoms with van der Waals surface area (Å²) in [4.78, 5) is 24.5. The Morgan fingerprint density at radius 1 is 0.415 bits per heavy atom. The topological polar surface area (TPSA) is 95.9 Å². The number of ether oxygens (including phenoxy) is 1. The van der Waals surface area contributed by atoms with Crippen molar-refractivity contribution in [2.24, 2.45) is 0 Å². The van der Waals surface area contributed by atoms with Gasteiger partial charge in [-0.05, 0) is 32.1 Å². The molecular weight excluding hydrogens is 803 g/mol. The van der Waals surface area contributed by atoms with Crippen LogP contribution >= 0.6 is 0 Å². The summed E-state index contributed by atoms with van der Waals surface area (Å²) in [7, 11) is 0. The third kappa shape index (κ3) is 51.8. The Balaban J connectivity index is 3.47. The molecule has 386 valence electrons. The van der Waals surface area contributed by atoms with Crippen LogP contribution in [0.15, 0.2) is 12.2 Å². The van der Waals surface area contributed by atoms with Crippen LogP contribution in [0.2, 0.25) is 0 Å². The smallest absolute Gasteiger partial charge is 0.305 e. The number of allylic oxidation sites excluding steroid dienone is 1. The molecule has 0 aliphatic carbocycles. The number of amides is 1. The highest BCUT2D eigenvalue weighted by Crippen LogP contribution is 2.17. The first kappa shape index (κ1) is 63.6. The van der Waals surface area contributed by atoms with Gasteiger partial charge < -0.3 is 20.3 Å². The summed E-state index contributed by atoms with van der Waals surface area (Å²) in [5.41, 5.74) is 0. The van der Waals surface area contributed by atoms with Gasteiger partial charge in [-0.2, -0.15) is 0 Å². The Bertz CT molecular complexity index is 970. The van der Waals surface area contributed by atoms with Crippen molar-refractivity contribution in [3.8, 4) is 0 Å². The Morgan fingerprint density at radius 2 is 0.708 bits per heavy atom. The molecule has 0 rings (SSSR count). The lowest BCUT2D eigenvalue weighted by Crippen LogP contribution is -2.45. The zero-order chi connectivity index (χ0) is 47.2. The fourth-order valence-corrected chi connectivity index (χ4v) is 9.28. The Kier molecular flexibility index (Phi) is 54.0. The molecule has 65 heavy (non-hydrogen) atoms. The largest absolute Gasteiger partial charge is 0.466 e. The first-order chi connectivity index (χ1) is 32.0. The van der Waals surface area contributed by atoms with E-state index in [0.29, 0.717) is 19.4 Å². The van der Waals surface area contributed by atoms with Gasteiger partial charge in [0.15, 0.2) is 0 Å². The van der Waals surface area contributed by atoms with E-state index in [0.717, 1.165) is 44.9 Å². The molecule has 6 heteroatoms. The van der Waals surface area contributed by atoms with Crippen molar-refractivity contribution in [2.75, 3.05) is 13.2 Å². The predicted octanol–water partition coefficient (Wildman–Crippen LogP) is 18.1. The second kappa shape index (κ2) is 55.2. The third-order valence-electron chi connectivity index (χ3n) is 13.8. The fourth-order valence-electron chi connectivity index (χ4n) is 9.28. The molecule has 0 aliphatic rings. The summed E-state index contributed by atoms with van der Waals surface area (Å²) in [6, 6.07) is -0.634. The standard InChI is InChI=1S/C59H115NO5/c1-3-5-7-9-11-13-15-16-17-18-19-20-21-22-23-25-28-32-35-39-43-47-51-57(62)56(55-61)60-58(63)52-48-44-40-36-33-29-26-24-27-30-34-38-42-46-50-54-65-59(64)53-49-45-41-37-31-14-12-10-8-6-4-2/h47,51,56-57,61-62H,3-46,48-50,52-55H2,1-2H3,(H,60,63)/b51-47+. The Morgan fingerprint density at radius 3 is 1.05 bits per heavy atom. The molecule has 0 aromatic carbocycles. The lowest BCUT2D eigenvalue weighted by Gasteiger charge is -2.20. The minimum absolute atomic E-state index is 0.0000178. The van der Waals surface area contributed by atoms with E-state index in [1.165, 1.54) is 257 Å². The quantitative estimate of drug-likeness (QED) is 0.0321. The highest BCUT2D eigenvalue weighted by molar-refractivity contribution is 5.76. The van der Waals surface area contributed by atoms with Crippen LogP contribution < -0.4 is 5.32 Å². The lowest BCUT2D eigenvalue weighted by molar-refractivity contribution is -0.143. The minimum atomic E-state index is -0.850. The molecule has 6 nitrogen and oxygen atoms in total. The summed E-state index contributed by atoms with van der Waals surface area (Å²) < 4.78 is 5.46. The number of nitrogens with one attached hydrogen (secondary N) is 1. The molecule has 0 saturated heterocycles. The molecule has 1 amide bonds. The van der Waals surface area contributed by atoms with Gasteiger partial charge in [0.2, 0.25) is 5.91 Å². The van der Waals surface area contributed by atoms with Crippen LogP contribution in [0.3, 0.4) is 0 Å². The minimum Gasteiger partial charge on any atom is -0.466 e. The van der Waals surface area contributed by atoms with E-state index in [2.05, 4.69) is 19.2 Å². The summed E-state index contributed by atoms with van der Waals surface area (Å²) in [6.07, 6.45) is 65.2. The van der Waals surface area contributed by atoms with Crippen molar-refractivity contribution in [3.05, 3.63) is 12.2 Å². The zero-order valence-corrected chi connectivity index (χ0v) is 44.0. The normalized spacial score (nSPS) is 12.6. The second-order valence-electron chi connectivity index (χ2n) is 20.3. The molecule has 0 aliphatic heterocycles. The van der Waals surface area contributed by atoms with Crippen LogP contribution in [0, 0.1) is 0 Å². The van der Waals surface area contributed by atoms with Crippen molar-refractivity contribution >= 4 is 11.9 Å². The molecule has 0 aromatic rings. The number of hydrogen-bond acceptors (Lipinski definition) is 5. The summed E-state index contributed by atoms with van der Waals surface area (Å²) in [5, 5.41) is 23.2. The number of carbonyl (C=O) groups is 2. The first-order valence-electron chi connectivity index (χ1n) is 29.5. The highest BCUT2D eigenvalue weighted by Gasteiger charge is 2.18. The van der Waals surface area contributed by atoms with Crippen LogP contribution in [0.5, 0.6) is 0 Å². The van der Waals surface area contributed by atoms with Crippen molar-refractivity contribution in [2.45, 2.75) is 341 Å². The van der Waals surface area contributed by atoms with E-state index in [-0.39, 0.29) is 18.5 Å². The average Bonchev–Trinajstić information content (AvgIpc) is 3.31. The maximum absolute atomic E-state index is 12.5. The number of unbranched alkanes of at least 4 members (excludes halogenated alkanes) is 44. The molecule has 2 atom stereocenters. The van der Waals surface area contributed by atoms with Gasteiger partial charge in [0, 0.05) is 12.8 Å². The molecule has 0 radical (unpaired) electrons. The zero-order valence-electron chi connectivity index (χ0n) is 44.0. The molecule has 0 spiro atoms. The van der Waals surface area contributed by atoms with Crippen LogP contribution in [0.1, 0.15) is 328 Å². The van der Waals surface area contributed by atoms with Crippen LogP contribution in [0.4, 0.5) is 0 Å². The average molecular weight is 919 g/mol. The summed E-state index contributed by atoms with van der Waals surface area (Å²) >= 11 is 0. The molecule has 0 aromatic heterocycles. The van der Waals surface area contributed by atoms with Crippen molar-refractivity contribution in [3.63, 3.8) is 0 Å². The van der Waals surface area contributed by atoms with Crippen molar-refractivity contribution < 1.29 is 24.5 Å². The number of aliphatic hydroxyl groups is 2. The van der Waals surface area contributed by atoms with Gasteiger partial charge in [0.25, 0.3) is 0 Å². The van der Waals surface area contributed by atoms with Gasteiger partial charge in [-0.25, -0.2) is 0 Å². The van der Waals surface area contributed by atoms with Gasteiger partial charge in [0.05, 0.1) is 25.4 Å². The van der Waals surface area contributed by atoms with Crippen LogP contribution in [-0.4, -0.2) is 47.4 Å². The third-order valence-corrected chi connectivity index (χ3v) is 13.8. The number of aliphatic hydroxyl groups excluding tert-OH is 2. The summed E-state index contributed by atoms with van der Waals surface area (Å²) in [5.74, 6) is -0.0728. The maximum atomic E-state index is 12.5. The van der Waals surface area contributed by atoms with Gasteiger partial charge in [-0.3, -0.25) is 9.59 Å². The predicted molar refractivity (Wildman–Crippen MR) is 283 cm³/mol. The molecule has 0 heterocycles. The first-order valence-corrected chi connectivity index (χ1v) is 29.5. The van der Waals surface area contributed by atoms with E-state index in [9.17, 15) is 19.8 Å². The second-order valence-corrected chi connectivity index (χ2v) is 20.3. The van der Waals surface area contributed by atoms with Crippen molar-refractivity contribution in [1.29, 1.82) is 0 Å². The number of carbonyl (C=O) groups excluding carboxylic acids is 2. The van der Waals surface area contributed by atoms with Gasteiger partial charge in [-0.15, -0.1) is 0 Å². The fraction of sp³-hybridized carbons (Fsp3) is 0.932. The number of rotatable bonds is 55. The van der Waals surface area contributed by atoms with Gasteiger partial charge >= 0.3 is 5.97 Å². The number of hydrogen-bond donors (Lipinski definition) is 3. The molecule has 0 bridgehead atoms. The Labute approximate surface area is 406 Å². The molecule has 2 unspecified atom stereocenters. The van der Waals surface area contributed by atoms with E-state index >= 15 is 0 Å². The Hall–Kier alpha value is -1.40. The lowest BCUT2D eigenvalue weighted by atomic mass is 10.0. The maximum Gasteiger partial charge on any atom is 0.305 e. The van der Waals surface area contributed by atoms with Crippen LogP contribution in [0.25, 0.3) is 0 Å². The van der Waals surface area contributed by atoms with Gasteiger partial charge in [0.1, 0.15) is 0 Å². The molecular formula is C59H115NO5. The van der Waals surface area contributed by atoms with Crippen molar-refractivity contribution in [1.82, 2.24) is 5.32 Å². The van der Waals surface area contributed by atoms with Gasteiger partial charge in [-0.1, -0.05) is 296 Å². The molecule has 0 fully saturated rings. The monoisotopic (exact) mass is 918 g/mol. The molecule has 3 N–H and O–H groups in total. The number of esters is 1. The SMILES string of the molecule is CCCCCCCCCCCCCCCCCCCCCC/C=C/C(O)C(CO)NC(=O)CCCCCCCCCCCCCCCCCOC(=O)CCCCCCCCCCCCC. The van der Waals surface area contributed by atoms with E-state index in [4.69, 9.17) is 4.74 Å². The van der Waals surface area contributed by atoms with E-state index in [1.54, 1.807) is 6.08 Å². The summed E-state index contributed by atoms with van der Waals surface area (Å²) in [6.45, 7) is 4.91. The van der Waals surface area contributed by atoms with E-state index < -0.39 is 12.1 Å². The highest BCUT2D eigenvalue weighted by atomic mass is 16.5. The van der Waals surface area contributed by atoms with E-state index in [1.807, 2.05) is 6.08 Å². The van der Waals surface area contributed by atoms with Crippen LogP contribution in [-0.2, 0) is 14.3 Å².